The van der Waals surface area contributed by atoms with Crippen molar-refractivity contribution in [3.8, 4) is 6.07 Å². The number of hydrogen-bond donors (Lipinski definition) is 0. The van der Waals surface area contributed by atoms with E-state index in [0.29, 0.717) is 0 Å². The topological polar surface area (TPSA) is 27.0 Å². The average molecular weight is 256 g/mol. The van der Waals surface area contributed by atoms with Crippen LogP contribution in [0.25, 0.3) is 0 Å². The van der Waals surface area contributed by atoms with Gasteiger partial charge in [-0.25, -0.2) is 0 Å². The maximum atomic E-state index is 9.03. The minimum Gasteiger partial charge on any atom is -0.302 e. The van der Waals surface area contributed by atoms with Gasteiger partial charge in [-0.2, -0.15) is 5.26 Å². The molecule has 1 aliphatic rings. The van der Waals surface area contributed by atoms with Gasteiger partial charge in [0.05, 0.1) is 12.0 Å². The maximum Gasteiger partial charge on any atom is 0.0669 e. The molecule has 1 aromatic rings. The van der Waals surface area contributed by atoms with E-state index in [2.05, 4.69) is 48.2 Å². The largest absolute Gasteiger partial charge is 0.302 e. The van der Waals surface area contributed by atoms with E-state index in [4.69, 9.17) is 5.26 Å². The first-order valence-corrected chi connectivity index (χ1v) is 7.47. The molecule has 0 saturated carbocycles. The third-order valence-electron chi connectivity index (χ3n) is 4.23. The SMILES string of the molecule is CCC(C#N)CN1CCC(Cc2ccccc2)CC1. The van der Waals surface area contributed by atoms with E-state index in [9.17, 15) is 0 Å². The van der Waals surface area contributed by atoms with Crippen molar-refractivity contribution in [2.24, 2.45) is 11.8 Å². The third kappa shape index (κ3) is 4.36. The quantitative estimate of drug-likeness (QED) is 0.806. The zero-order valence-electron chi connectivity index (χ0n) is 11.9. The van der Waals surface area contributed by atoms with E-state index in [1.807, 2.05) is 0 Å². The predicted octanol–water partition coefficient (Wildman–Crippen LogP) is 3.49. The van der Waals surface area contributed by atoms with Crippen molar-refractivity contribution in [3.05, 3.63) is 35.9 Å². The molecule has 0 N–H and O–H groups in total. The standard InChI is InChI=1S/C17H24N2/c1-2-15(13-18)14-19-10-8-17(9-11-19)12-16-6-4-3-5-7-16/h3-7,15,17H,2,8-12,14H2,1H3. The average Bonchev–Trinajstić information content (AvgIpc) is 2.47. The number of likely N-dealkylation sites (tertiary alicyclic amines) is 1. The summed E-state index contributed by atoms with van der Waals surface area (Å²) in [6.07, 6.45) is 4.73. The fourth-order valence-corrected chi connectivity index (χ4v) is 2.89. The second-order valence-electron chi connectivity index (χ2n) is 5.67. The lowest BCUT2D eigenvalue weighted by Gasteiger charge is -2.32. The first-order chi connectivity index (χ1) is 9.31. The number of nitrogens with zero attached hydrogens (tertiary/aromatic N) is 2. The molecule has 2 rings (SSSR count). The molecule has 1 aromatic carbocycles. The Morgan fingerprint density at radius 3 is 2.53 bits per heavy atom. The highest BCUT2D eigenvalue weighted by Crippen LogP contribution is 2.22. The third-order valence-corrected chi connectivity index (χ3v) is 4.23. The molecule has 19 heavy (non-hydrogen) atoms. The molecule has 1 unspecified atom stereocenters. The van der Waals surface area contributed by atoms with Gasteiger partial charge in [0.1, 0.15) is 0 Å². The molecule has 1 atom stereocenters. The second kappa shape index (κ2) is 7.31. The lowest BCUT2D eigenvalue weighted by atomic mass is 9.90. The molecule has 0 spiro atoms. The normalized spacial score (nSPS) is 18.9. The smallest absolute Gasteiger partial charge is 0.0669 e. The van der Waals surface area contributed by atoms with Gasteiger partial charge in [0, 0.05) is 6.54 Å². The second-order valence-corrected chi connectivity index (χ2v) is 5.67. The van der Waals surface area contributed by atoms with Crippen LogP contribution in [-0.4, -0.2) is 24.5 Å². The van der Waals surface area contributed by atoms with Gasteiger partial charge in [0.2, 0.25) is 0 Å². The van der Waals surface area contributed by atoms with Crippen LogP contribution in [0.2, 0.25) is 0 Å². The van der Waals surface area contributed by atoms with Crippen LogP contribution in [0.1, 0.15) is 31.7 Å². The van der Waals surface area contributed by atoms with E-state index in [-0.39, 0.29) is 5.92 Å². The summed E-state index contributed by atoms with van der Waals surface area (Å²) in [6, 6.07) is 13.2. The summed E-state index contributed by atoms with van der Waals surface area (Å²) in [5, 5.41) is 9.03. The van der Waals surface area contributed by atoms with Crippen molar-refractivity contribution in [2.75, 3.05) is 19.6 Å². The van der Waals surface area contributed by atoms with E-state index >= 15 is 0 Å². The lowest BCUT2D eigenvalue weighted by molar-refractivity contribution is 0.170. The Morgan fingerprint density at radius 1 is 1.26 bits per heavy atom. The zero-order valence-corrected chi connectivity index (χ0v) is 11.9. The fourth-order valence-electron chi connectivity index (χ4n) is 2.89. The van der Waals surface area contributed by atoms with Crippen molar-refractivity contribution in [2.45, 2.75) is 32.6 Å². The van der Waals surface area contributed by atoms with Crippen molar-refractivity contribution < 1.29 is 0 Å². The van der Waals surface area contributed by atoms with Gasteiger partial charge in [0.25, 0.3) is 0 Å². The summed E-state index contributed by atoms with van der Waals surface area (Å²) in [7, 11) is 0. The summed E-state index contributed by atoms with van der Waals surface area (Å²) in [5.41, 5.74) is 1.46. The van der Waals surface area contributed by atoms with Gasteiger partial charge in [-0.15, -0.1) is 0 Å². The molecule has 2 nitrogen and oxygen atoms in total. The molecule has 1 heterocycles. The predicted molar refractivity (Wildman–Crippen MR) is 78.7 cm³/mol. The van der Waals surface area contributed by atoms with Crippen LogP contribution in [0.4, 0.5) is 0 Å². The Balaban J connectivity index is 1.75. The monoisotopic (exact) mass is 256 g/mol. The van der Waals surface area contributed by atoms with E-state index in [1.54, 1.807) is 0 Å². The Kier molecular flexibility index (Phi) is 5.42. The first kappa shape index (κ1) is 14.1. The molecule has 0 bridgehead atoms. The molecule has 0 radical (unpaired) electrons. The van der Waals surface area contributed by atoms with Crippen LogP contribution in [0.3, 0.4) is 0 Å². The summed E-state index contributed by atoms with van der Waals surface area (Å²) < 4.78 is 0. The molecular formula is C17H24N2. The molecule has 1 fully saturated rings. The van der Waals surface area contributed by atoms with Gasteiger partial charge < -0.3 is 4.90 Å². The Morgan fingerprint density at radius 2 is 1.95 bits per heavy atom. The van der Waals surface area contributed by atoms with Crippen LogP contribution >= 0.6 is 0 Å². The van der Waals surface area contributed by atoms with Crippen LogP contribution in [0.5, 0.6) is 0 Å². The first-order valence-electron chi connectivity index (χ1n) is 7.47. The van der Waals surface area contributed by atoms with Crippen LogP contribution in [0.15, 0.2) is 30.3 Å². The number of nitriles is 1. The Bertz CT molecular complexity index is 399. The number of rotatable bonds is 5. The summed E-state index contributed by atoms with van der Waals surface area (Å²) >= 11 is 0. The Labute approximate surface area is 117 Å². The molecule has 102 valence electrons. The van der Waals surface area contributed by atoms with Crippen LogP contribution in [0, 0.1) is 23.2 Å². The fraction of sp³-hybridized carbons (Fsp3) is 0.588. The van der Waals surface area contributed by atoms with Crippen molar-refractivity contribution in [1.82, 2.24) is 4.90 Å². The van der Waals surface area contributed by atoms with Gasteiger partial charge in [0.15, 0.2) is 0 Å². The highest BCUT2D eigenvalue weighted by Gasteiger charge is 2.21. The van der Waals surface area contributed by atoms with Crippen molar-refractivity contribution in [3.63, 3.8) is 0 Å². The molecule has 1 aliphatic heterocycles. The van der Waals surface area contributed by atoms with Gasteiger partial charge in [-0.3, -0.25) is 0 Å². The van der Waals surface area contributed by atoms with Crippen molar-refractivity contribution in [1.29, 1.82) is 5.26 Å². The van der Waals surface area contributed by atoms with Gasteiger partial charge >= 0.3 is 0 Å². The van der Waals surface area contributed by atoms with Crippen LogP contribution < -0.4 is 0 Å². The van der Waals surface area contributed by atoms with Gasteiger partial charge in [-0.1, -0.05) is 37.3 Å². The highest BCUT2D eigenvalue weighted by molar-refractivity contribution is 5.15. The molecule has 2 heteroatoms. The molecule has 0 aliphatic carbocycles. The van der Waals surface area contributed by atoms with E-state index in [0.717, 1.165) is 32.0 Å². The molecule has 1 saturated heterocycles. The molecule has 0 aromatic heterocycles. The van der Waals surface area contributed by atoms with E-state index < -0.39 is 0 Å². The number of benzene rings is 1. The van der Waals surface area contributed by atoms with E-state index in [1.165, 1.54) is 24.8 Å². The highest BCUT2D eigenvalue weighted by atomic mass is 15.1. The maximum absolute atomic E-state index is 9.03. The summed E-state index contributed by atoms with van der Waals surface area (Å²) in [5.74, 6) is 1.03. The van der Waals surface area contributed by atoms with Crippen molar-refractivity contribution >= 4 is 0 Å². The minimum absolute atomic E-state index is 0.214. The van der Waals surface area contributed by atoms with Gasteiger partial charge in [-0.05, 0) is 50.3 Å². The molecule has 0 amide bonds. The molecular weight excluding hydrogens is 232 g/mol. The lowest BCUT2D eigenvalue weighted by Crippen LogP contribution is -2.37. The zero-order chi connectivity index (χ0) is 13.5. The minimum atomic E-state index is 0.214. The number of hydrogen-bond acceptors (Lipinski definition) is 2. The van der Waals surface area contributed by atoms with Crippen LogP contribution in [-0.2, 0) is 6.42 Å². The number of piperidine rings is 1. The Hall–Kier alpha value is -1.33. The summed E-state index contributed by atoms with van der Waals surface area (Å²) in [6.45, 7) is 5.40. The summed E-state index contributed by atoms with van der Waals surface area (Å²) in [4.78, 5) is 2.47.